The van der Waals surface area contributed by atoms with E-state index in [2.05, 4.69) is 52.0 Å². The lowest BCUT2D eigenvalue weighted by Crippen LogP contribution is -2.28. The lowest BCUT2D eigenvalue weighted by atomic mass is 9.93. The zero-order valence-electron chi connectivity index (χ0n) is 12.6. The van der Waals surface area contributed by atoms with Crippen LogP contribution in [0.4, 0.5) is 10.3 Å². The first kappa shape index (κ1) is 13.9. The van der Waals surface area contributed by atoms with E-state index >= 15 is 0 Å². The minimum absolute atomic E-state index is 0.0405. The van der Waals surface area contributed by atoms with Gasteiger partial charge in [0.15, 0.2) is 0 Å². The first-order valence-electron chi connectivity index (χ1n) is 7.58. The Balaban J connectivity index is 1.75. The molecule has 3 aromatic rings. The number of aromatic nitrogens is 4. The van der Waals surface area contributed by atoms with Crippen molar-refractivity contribution in [2.24, 2.45) is 0 Å². The van der Waals surface area contributed by atoms with Crippen LogP contribution >= 0.6 is 0 Å². The monoisotopic (exact) mass is 309 g/mol. The van der Waals surface area contributed by atoms with E-state index in [9.17, 15) is 4.39 Å². The molecule has 0 amide bonds. The van der Waals surface area contributed by atoms with Crippen molar-refractivity contribution >= 4 is 5.95 Å². The Bertz CT molecular complexity index is 827. The molecule has 1 aliphatic rings. The van der Waals surface area contributed by atoms with Crippen LogP contribution < -0.4 is 5.32 Å². The van der Waals surface area contributed by atoms with Crippen LogP contribution in [0.1, 0.15) is 35.2 Å². The summed E-state index contributed by atoms with van der Waals surface area (Å²) in [5.41, 5.74) is 2.96. The lowest BCUT2D eigenvalue weighted by molar-refractivity contribution is 0.409. The highest BCUT2D eigenvalue weighted by molar-refractivity contribution is 5.38. The summed E-state index contributed by atoms with van der Waals surface area (Å²) in [7, 11) is 0. The average molecular weight is 309 g/mol. The molecule has 0 radical (unpaired) electrons. The van der Waals surface area contributed by atoms with Crippen LogP contribution in [0.3, 0.4) is 0 Å². The molecule has 0 saturated heterocycles. The van der Waals surface area contributed by atoms with Gasteiger partial charge in [-0.3, -0.25) is 0 Å². The highest BCUT2D eigenvalue weighted by atomic mass is 19.1. The van der Waals surface area contributed by atoms with Gasteiger partial charge in [0.1, 0.15) is 5.82 Å². The molecule has 2 heterocycles. The van der Waals surface area contributed by atoms with Crippen molar-refractivity contribution in [2.45, 2.75) is 25.4 Å². The normalized spacial score (nSPS) is 19.9. The van der Waals surface area contributed by atoms with Crippen LogP contribution in [0.15, 0.2) is 48.5 Å². The predicted octanol–water partition coefficient (Wildman–Crippen LogP) is 3.27. The fourth-order valence-corrected chi connectivity index (χ4v) is 3.06. The number of nitrogens with zero attached hydrogens (tertiary/aromatic N) is 4. The molecule has 6 heteroatoms. The maximum absolute atomic E-state index is 14.3. The molecule has 0 aliphatic carbocycles. The maximum atomic E-state index is 14.3. The first-order valence-corrected chi connectivity index (χ1v) is 7.58. The summed E-state index contributed by atoms with van der Waals surface area (Å²) < 4.78 is 15.9. The molecule has 0 saturated carbocycles. The third kappa shape index (κ3) is 2.46. The van der Waals surface area contributed by atoms with E-state index < -0.39 is 0 Å². The van der Waals surface area contributed by atoms with Gasteiger partial charge >= 0.3 is 0 Å². The molecule has 0 fully saturated rings. The number of tetrazole rings is 1. The predicted molar refractivity (Wildman–Crippen MR) is 84.5 cm³/mol. The van der Waals surface area contributed by atoms with Crippen LogP contribution in [-0.4, -0.2) is 20.2 Å². The van der Waals surface area contributed by atoms with E-state index in [0.717, 1.165) is 5.56 Å². The van der Waals surface area contributed by atoms with Gasteiger partial charge in [-0.25, -0.2) is 9.07 Å². The molecule has 2 unspecified atom stereocenters. The van der Waals surface area contributed by atoms with E-state index in [0.29, 0.717) is 17.9 Å². The molecular weight excluding hydrogens is 293 g/mol. The van der Waals surface area contributed by atoms with E-state index in [4.69, 9.17) is 0 Å². The molecule has 2 aromatic carbocycles. The standard InChI is InChI=1S/C17H16FN5/c1-11-6-8-12(9-7-11)15-10-16(13-4-2-3-5-14(13)18)23-17(19-15)20-21-22-23/h2-9,15-16H,10H2,1H3,(H,19,20,22). The van der Waals surface area contributed by atoms with E-state index in [-0.39, 0.29) is 17.9 Å². The average Bonchev–Trinajstić information content (AvgIpc) is 3.04. The molecule has 1 N–H and O–H groups in total. The van der Waals surface area contributed by atoms with Crippen molar-refractivity contribution in [1.29, 1.82) is 0 Å². The third-order valence-electron chi connectivity index (χ3n) is 4.29. The fourth-order valence-electron chi connectivity index (χ4n) is 3.06. The van der Waals surface area contributed by atoms with Crippen LogP contribution in [-0.2, 0) is 0 Å². The quantitative estimate of drug-likeness (QED) is 0.789. The minimum Gasteiger partial charge on any atom is -0.346 e. The Labute approximate surface area is 133 Å². The van der Waals surface area contributed by atoms with Gasteiger partial charge in [-0.05, 0) is 35.4 Å². The molecule has 4 rings (SSSR count). The van der Waals surface area contributed by atoms with Gasteiger partial charge < -0.3 is 5.32 Å². The zero-order valence-corrected chi connectivity index (χ0v) is 12.6. The summed E-state index contributed by atoms with van der Waals surface area (Å²) >= 11 is 0. The number of hydrogen-bond donors (Lipinski definition) is 1. The van der Waals surface area contributed by atoms with Crippen molar-refractivity contribution in [2.75, 3.05) is 5.32 Å². The van der Waals surface area contributed by atoms with Gasteiger partial charge in [-0.2, -0.15) is 0 Å². The summed E-state index contributed by atoms with van der Waals surface area (Å²) in [6, 6.07) is 14.9. The van der Waals surface area contributed by atoms with E-state index in [1.54, 1.807) is 16.8 Å². The smallest absolute Gasteiger partial charge is 0.243 e. The number of benzene rings is 2. The summed E-state index contributed by atoms with van der Waals surface area (Å²) in [5.74, 6) is 0.332. The van der Waals surface area contributed by atoms with Crippen molar-refractivity contribution in [1.82, 2.24) is 20.2 Å². The molecule has 116 valence electrons. The summed E-state index contributed by atoms with van der Waals surface area (Å²) in [6.07, 6.45) is 0.683. The molecule has 1 aliphatic heterocycles. The number of nitrogens with one attached hydrogen (secondary N) is 1. The van der Waals surface area contributed by atoms with Crippen LogP contribution in [0.25, 0.3) is 0 Å². The molecule has 2 atom stereocenters. The zero-order chi connectivity index (χ0) is 15.8. The van der Waals surface area contributed by atoms with Gasteiger partial charge in [0.2, 0.25) is 5.95 Å². The third-order valence-corrected chi connectivity index (χ3v) is 4.29. The second-order valence-electron chi connectivity index (χ2n) is 5.83. The number of rotatable bonds is 2. The van der Waals surface area contributed by atoms with Gasteiger partial charge in [-0.1, -0.05) is 53.1 Å². The topological polar surface area (TPSA) is 55.6 Å². The van der Waals surface area contributed by atoms with Gasteiger partial charge in [0.05, 0.1) is 12.1 Å². The molecule has 0 bridgehead atoms. The van der Waals surface area contributed by atoms with Crippen molar-refractivity contribution in [3.63, 3.8) is 0 Å². The number of anilines is 1. The molecule has 23 heavy (non-hydrogen) atoms. The molecule has 1 aromatic heterocycles. The Kier molecular flexibility index (Phi) is 3.29. The van der Waals surface area contributed by atoms with Crippen molar-refractivity contribution < 1.29 is 4.39 Å². The first-order chi connectivity index (χ1) is 11.2. The van der Waals surface area contributed by atoms with Gasteiger partial charge in [0.25, 0.3) is 0 Å². The lowest BCUT2D eigenvalue weighted by Gasteiger charge is -2.31. The van der Waals surface area contributed by atoms with Crippen LogP contribution in [0.5, 0.6) is 0 Å². The van der Waals surface area contributed by atoms with E-state index in [1.165, 1.54) is 11.6 Å². The van der Waals surface area contributed by atoms with Crippen molar-refractivity contribution in [3.8, 4) is 0 Å². The van der Waals surface area contributed by atoms with Crippen LogP contribution in [0, 0.1) is 12.7 Å². The number of halogens is 1. The van der Waals surface area contributed by atoms with Crippen molar-refractivity contribution in [3.05, 3.63) is 71.0 Å². The summed E-state index contributed by atoms with van der Waals surface area (Å²) in [5, 5.41) is 15.1. The van der Waals surface area contributed by atoms with Crippen LogP contribution in [0.2, 0.25) is 0 Å². The van der Waals surface area contributed by atoms with Gasteiger partial charge in [-0.15, -0.1) is 0 Å². The largest absolute Gasteiger partial charge is 0.346 e. The minimum atomic E-state index is -0.233. The molecule has 0 spiro atoms. The van der Waals surface area contributed by atoms with E-state index in [1.807, 2.05) is 6.07 Å². The number of hydrogen-bond acceptors (Lipinski definition) is 4. The summed E-state index contributed by atoms with van der Waals surface area (Å²) in [6.45, 7) is 2.06. The number of fused-ring (bicyclic) bond motifs is 1. The number of aryl methyl sites for hydroxylation is 1. The molecule has 5 nitrogen and oxygen atoms in total. The highest BCUT2D eigenvalue weighted by Crippen LogP contribution is 2.37. The summed E-state index contributed by atoms with van der Waals surface area (Å²) in [4.78, 5) is 0. The SMILES string of the molecule is Cc1ccc(C2CC(c3ccccc3F)n3nnnc3N2)cc1. The Morgan fingerprint density at radius 3 is 2.70 bits per heavy atom. The Hall–Kier alpha value is -2.76. The Morgan fingerprint density at radius 1 is 1.13 bits per heavy atom. The fraction of sp³-hybridized carbons (Fsp3) is 0.235. The molecular formula is C17H16FN5. The highest BCUT2D eigenvalue weighted by Gasteiger charge is 2.31. The van der Waals surface area contributed by atoms with Gasteiger partial charge in [0, 0.05) is 5.56 Å². The maximum Gasteiger partial charge on any atom is 0.243 e. The second kappa shape index (κ2) is 5.46. The second-order valence-corrected chi connectivity index (χ2v) is 5.83. The Morgan fingerprint density at radius 2 is 1.91 bits per heavy atom.